The molecular weight excluding hydrogens is 279 g/mol. The highest BCUT2D eigenvalue weighted by Crippen LogP contribution is 2.30. The van der Waals surface area contributed by atoms with Gasteiger partial charge in [0.15, 0.2) is 5.17 Å². The van der Waals surface area contributed by atoms with Gasteiger partial charge in [-0.05, 0) is 24.6 Å². The van der Waals surface area contributed by atoms with Crippen molar-refractivity contribution in [3.05, 3.63) is 28.2 Å². The average molecular weight is 289 g/mol. The molecule has 1 heterocycles. The molecule has 0 saturated carbocycles. The minimum absolute atomic E-state index is 0.00124. The molecule has 0 bridgehead atoms. The third-order valence-corrected chi connectivity index (χ3v) is 4.07. The number of nitrogens with one attached hydrogen (secondary N) is 1. The van der Waals surface area contributed by atoms with E-state index in [9.17, 15) is 4.79 Å². The van der Waals surface area contributed by atoms with E-state index in [4.69, 9.17) is 23.2 Å². The van der Waals surface area contributed by atoms with Crippen LogP contribution in [-0.2, 0) is 4.79 Å². The molecule has 1 N–H and O–H groups in total. The Balaban J connectivity index is 2.23. The molecule has 1 aliphatic rings. The van der Waals surface area contributed by atoms with Crippen LogP contribution in [0.25, 0.3) is 0 Å². The quantitative estimate of drug-likeness (QED) is 0.903. The zero-order valence-electron chi connectivity index (χ0n) is 9.04. The van der Waals surface area contributed by atoms with E-state index in [0.29, 0.717) is 20.9 Å². The number of amidine groups is 1. The van der Waals surface area contributed by atoms with E-state index in [1.807, 2.05) is 6.92 Å². The van der Waals surface area contributed by atoms with E-state index in [-0.39, 0.29) is 11.2 Å². The average Bonchev–Trinajstić information content (AvgIpc) is 2.63. The fraction of sp³-hybridized carbons (Fsp3) is 0.273. The minimum atomic E-state index is -0.0557. The molecule has 2 rings (SSSR count). The largest absolute Gasteiger partial charge is 0.304 e. The van der Waals surface area contributed by atoms with Gasteiger partial charge in [0.05, 0.1) is 16.0 Å². The van der Waals surface area contributed by atoms with Crippen LogP contribution >= 0.6 is 35.0 Å². The van der Waals surface area contributed by atoms with Gasteiger partial charge in [-0.3, -0.25) is 4.79 Å². The summed E-state index contributed by atoms with van der Waals surface area (Å²) in [6.07, 6.45) is 0.782. The summed E-state index contributed by atoms with van der Waals surface area (Å²) < 4.78 is 0. The fourth-order valence-electron chi connectivity index (χ4n) is 1.41. The lowest BCUT2D eigenvalue weighted by molar-refractivity contribution is -0.118. The van der Waals surface area contributed by atoms with E-state index in [1.165, 1.54) is 11.8 Å². The van der Waals surface area contributed by atoms with Crippen LogP contribution in [0.1, 0.15) is 13.3 Å². The highest BCUT2D eigenvalue weighted by Gasteiger charge is 2.28. The van der Waals surface area contributed by atoms with E-state index in [1.54, 1.807) is 18.2 Å². The van der Waals surface area contributed by atoms with Crippen molar-refractivity contribution in [2.24, 2.45) is 4.99 Å². The number of aliphatic imine (C=N–C) groups is 1. The second kappa shape index (κ2) is 5.29. The van der Waals surface area contributed by atoms with Gasteiger partial charge in [-0.1, -0.05) is 41.9 Å². The molecule has 6 heteroatoms. The maximum absolute atomic E-state index is 11.5. The minimum Gasteiger partial charge on any atom is -0.304 e. The topological polar surface area (TPSA) is 41.5 Å². The summed E-state index contributed by atoms with van der Waals surface area (Å²) in [4.78, 5) is 15.8. The van der Waals surface area contributed by atoms with Gasteiger partial charge in [0, 0.05) is 5.02 Å². The Labute approximate surface area is 114 Å². The first-order valence-electron chi connectivity index (χ1n) is 5.11. The van der Waals surface area contributed by atoms with Crippen molar-refractivity contribution in [2.45, 2.75) is 18.6 Å². The number of nitrogens with zero attached hydrogens (tertiary/aromatic N) is 1. The Morgan fingerprint density at radius 1 is 1.47 bits per heavy atom. The molecule has 0 spiro atoms. The van der Waals surface area contributed by atoms with Gasteiger partial charge in [-0.2, -0.15) is 0 Å². The van der Waals surface area contributed by atoms with Crippen LogP contribution in [0.4, 0.5) is 5.69 Å². The number of hydrogen-bond acceptors (Lipinski definition) is 3. The zero-order valence-corrected chi connectivity index (χ0v) is 11.4. The maximum atomic E-state index is 11.5. The van der Waals surface area contributed by atoms with Gasteiger partial charge in [0.1, 0.15) is 0 Å². The molecule has 0 unspecified atom stereocenters. The normalized spacial score (nSPS) is 21.9. The van der Waals surface area contributed by atoms with Gasteiger partial charge in [0.25, 0.3) is 0 Å². The lowest BCUT2D eigenvalue weighted by Gasteiger charge is -2.00. The smallest absolute Gasteiger partial charge is 0.239 e. The molecule has 0 aromatic heterocycles. The Morgan fingerprint density at radius 2 is 2.24 bits per heavy atom. The molecule has 1 amide bonds. The van der Waals surface area contributed by atoms with Crippen LogP contribution in [0.3, 0.4) is 0 Å². The van der Waals surface area contributed by atoms with Crippen LogP contribution in [0.2, 0.25) is 10.0 Å². The SMILES string of the molecule is CC[C@H]1SC(=Nc2ccc(Cl)cc2Cl)NC1=O. The summed E-state index contributed by atoms with van der Waals surface area (Å²) in [6, 6.07) is 5.07. The summed E-state index contributed by atoms with van der Waals surface area (Å²) >= 11 is 13.2. The summed E-state index contributed by atoms with van der Waals surface area (Å²) in [5, 5.41) is 4.30. The molecule has 1 aromatic carbocycles. The Kier molecular flexibility index (Phi) is 3.97. The highest BCUT2D eigenvalue weighted by molar-refractivity contribution is 8.15. The summed E-state index contributed by atoms with van der Waals surface area (Å²) in [6.45, 7) is 1.97. The van der Waals surface area contributed by atoms with E-state index >= 15 is 0 Å². The molecule has 1 saturated heterocycles. The molecule has 3 nitrogen and oxygen atoms in total. The first kappa shape index (κ1) is 12.7. The molecule has 17 heavy (non-hydrogen) atoms. The Hall–Kier alpha value is -0.710. The third-order valence-electron chi connectivity index (χ3n) is 2.28. The molecule has 1 atom stereocenters. The predicted molar refractivity (Wildman–Crippen MR) is 73.4 cm³/mol. The van der Waals surface area contributed by atoms with Crippen molar-refractivity contribution in [2.75, 3.05) is 0 Å². The number of thioether (sulfide) groups is 1. The molecule has 1 fully saturated rings. The van der Waals surface area contributed by atoms with Gasteiger partial charge in [-0.25, -0.2) is 4.99 Å². The predicted octanol–water partition coefficient (Wildman–Crippen LogP) is 3.62. The van der Waals surface area contributed by atoms with Crippen LogP contribution in [-0.4, -0.2) is 16.3 Å². The number of carbonyl (C=O) groups is 1. The molecule has 1 aromatic rings. The fourth-order valence-corrected chi connectivity index (χ4v) is 2.77. The lowest BCUT2D eigenvalue weighted by Crippen LogP contribution is -2.24. The van der Waals surface area contributed by atoms with Crippen LogP contribution in [0.5, 0.6) is 0 Å². The molecule has 1 aliphatic heterocycles. The second-order valence-electron chi connectivity index (χ2n) is 3.52. The van der Waals surface area contributed by atoms with Crippen molar-refractivity contribution >= 4 is 51.7 Å². The van der Waals surface area contributed by atoms with Crippen LogP contribution < -0.4 is 5.32 Å². The summed E-state index contributed by atoms with van der Waals surface area (Å²) in [7, 11) is 0. The van der Waals surface area contributed by atoms with Gasteiger partial charge >= 0.3 is 0 Å². The molecule has 0 radical (unpaired) electrons. The third kappa shape index (κ3) is 2.94. The first-order chi connectivity index (χ1) is 8.10. The number of amides is 1. The standard InChI is InChI=1S/C11H10Cl2N2OS/c1-2-9-10(16)15-11(17-9)14-8-4-3-6(12)5-7(8)13/h3-5,9H,2H2,1H3,(H,14,15,16)/t9-/m1/s1. The number of rotatable bonds is 2. The van der Waals surface area contributed by atoms with Crippen molar-refractivity contribution in [1.29, 1.82) is 0 Å². The molecule has 0 aliphatic carbocycles. The first-order valence-corrected chi connectivity index (χ1v) is 6.75. The van der Waals surface area contributed by atoms with Gasteiger partial charge in [-0.15, -0.1) is 0 Å². The highest BCUT2D eigenvalue weighted by atomic mass is 35.5. The zero-order chi connectivity index (χ0) is 12.4. The second-order valence-corrected chi connectivity index (χ2v) is 5.55. The molecule has 90 valence electrons. The Morgan fingerprint density at radius 3 is 2.82 bits per heavy atom. The van der Waals surface area contributed by atoms with Crippen LogP contribution in [0.15, 0.2) is 23.2 Å². The van der Waals surface area contributed by atoms with E-state index in [0.717, 1.165) is 6.42 Å². The monoisotopic (exact) mass is 288 g/mol. The number of carbonyl (C=O) groups excluding carboxylic acids is 1. The lowest BCUT2D eigenvalue weighted by atomic mass is 10.3. The maximum Gasteiger partial charge on any atom is 0.239 e. The van der Waals surface area contributed by atoms with E-state index < -0.39 is 0 Å². The molecular formula is C11H10Cl2N2OS. The van der Waals surface area contributed by atoms with Gasteiger partial charge < -0.3 is 5.32 Å². The Bertz CT molecular complexity index is 490. The van der Waals surface area contributed by atoms with Crippen molar-refractivity contribution < 1.29 is 4.79 Å². The number of benzene rings is 1. The van der Waals surface area contributed by atoms with Gasteiger partial charge in [0.2, 0.25) is 5.91 Å². The summed E-state index contributed by atoms with van der Waals surface area (Å²) in [5.74, 6) is 0.00124. The van der Waals surface area contributed by atoms with Crippen molar-refractivity contribution in [1.82, 2.24) is 5.32 Å². The number of halogens is 2. The number of hydrogen-bond donors (Lipinski definition) is 1. The van der Waals surface area contributed by atoms with E-state index in [2.05, 4.69) is 10.3 Å². The van der Waals surface area contributed by atoms with Crippen LogP contribution in [0, 0.1) is 0 Å². The van der Waals surface area contributed by atoms with Crippen molar-refractivity contribution in [3.8, 4) is 0 Å². The van der Waals surface area contributed by atoms with Crippen molar-refractivity contribution in [3.63, 3.8) is 0 Å². The summed E-state index contributed by atoms with van der Waals surface area (Å²) in [5.41, 5.74) is 0.607.